The van der Waals surface area contributed by atoms with Gasteiger partial charge in [-0.2, -0.15) is 0 Å². The zero-order valence-corrected chi connectivity index (χ0v) is 10.0. The fourth-order valence-electron chi connectivity index (χ4n) is 1.49. The van der Waals surface area contributed by atoms with Gasteiger partial charge in [-0.1, -0.05) is 0 Å². The quantitative estimate of drug-likeness (QED) is 0.759. The molecule has 0 radical (unpaired) electrons. The van der Waals surface area contributed by atoms with Crippen LogP contribution in [0.1, 0.15) is 25.3 Å². The molecule has 0 bridgehead atoms. The second-order valence-corrected chi connectivity index (χ2v) is 4.27. The van der Waals surface area contributed by atoms with Crippen molar-refractivity contribution in [3.8, 4) is 0 Å². The molecule has 0 fully saturated rings. The van der Waals surface area contributed by atoms with E-state index in [1.165, 1.54) is 12.1 Å². The number of hydrogen-bond donors (Lipinski definition) is 1. The van der Waals surface area contributed by atoms with Crippen molar-refractivity contribution in [1.82, 2.24) is 5.32 Å². The molecule has 0 amide bonds. The van der Waals surface area contributed by atoms with Crippen LogP contribution in [0.15, 0.2) is 18.2 Å². The van der Waals surface area contributed by atoms with Gasteiger partial charge in [-0.15, -0.1) is 11.6 Å². The van der Waals surface area contributed by atoms with Gasteiger partial charge in [0.1, 0.15) is 11.6 Å². The molecule has 4 heteroatoms. The molecule has 0 aliphatic carbocycles. The number of halogens is 3. The Morgan fingerprint density at radius 1 is 1.25 bits per heavy atom. The van der Waals surface area contributed by atoms with Crippen molar-refractivity contribution in [2.24, 2.45) is 0 Å². The largest absolute Gasteiger partial charge is 0.310 e. The minimum absolute atomic E-state index is 0.296. The average Bonchev–Trinajstić information content (AvgIpc) is 2.22. The molecule has 0 saturated carbocycles. The second-order valence-electron chi connectivity index (χ2n) is 3.89. The van der Waals surface area contributed by atoms with Crippen LogP contribution in [0.4, 0.5) is 8.78 Å². The van der Waals surface area contributed by atoms with Gasteiger partial charge in [0.25, 0.3) is 0 Å². The van der Waals surface area contributed by atoms with Crippen molar-refractivity contribution in [1.29, 1.82) is 0 Å². The summed E-state index contributed by atoms with van der Waals surface area (Å²) in [4.78, 5) is 0. The lowest BCUT2D eigenvalue weighted by molar-refractivity contribution is 0.505. The molecule has 90 valence electrons. The van der Waals surface area contributed by atoms with Crippen LogP contribution in [0.25, 0.3) is 0 Å². The van der Waals surface area contributed by atoms with E-state index in [4.69, 9.17) is 11.6 Å². The molecule has 0 heterocycles. The van der Waals surface area contributed by atoms with Gasteiger partial charge in [-0.25, -0.2) is 8.78 Å². The van der Waals surface area contributed by atoms with Gasteiger partial charge in [-0.05, 0) is 37.5 Å². The summed E-state index contributed by atoms with van der Waals surface area (Å²) in [5.41, 5.74) is 0.621. The maximum atomic E-state index is 12.9. The SMILES string of the molecule is CC(CCCCl)NCc1cc(F)cc(F)c1. The highest BCUT2D eigenvalue weighted by Gasteiger charge is 2.03. The highest BCUT2D eigenvalue weighted by Crippen LogP contribution is 2.08. The molecular formula is C12H16ClF2N. The number of nitrogens with one attached hydrogen (secondary N) is 1. The van der Waals surface area contributed by atoms with Gasteiger partial charge < -0.3 is 5.32 Å². The molecule has 1 aromatic rings. The van der Waals surface area contributed by atoms with Gasteiger partial charge in [0.05, 0.1) is 0 Å². The minimum atomic E-state index is -0.537. The predicted octanol–water partition coefficient (Wildman–Crippen LogP) is 3.46. The summed E-state index contributed by atoms with van der Waals surface area (Å²) in [5, 5.41) is 3.20. The predicted molar refractivity (Wildman–Crippen MR) is 62.6 cm³/mol. The average molecular weight is 248 g/mol. The topological polar surface area (TPSA) is 12.0 Å². The maximum Gasteiger partial charge on any atom is 0.126 e. The highest BCUT2D eigenvalue weighted by molar-refractivity contribution is 6.17. The number of hydrogen-bond acceptors (Lipinski definition) is 1. The summed E-state index contributed by atoms with van der Waals surface area (Å²) in [7, 11) is 0. The van der Waals surface area contributed by atoms with Crippen LogP contribution in [0.5, 0.6) is 0 Å². The van der Waals surface area contributed by atoms with Crippen molar-refractivity contribution in [2.45, 2.75) is 32.4 Å². The summed E-state index contributed by atoms with van der Waals surface area (Å²) in [6, 6.07) is 3.85. The Labute approximate surface area is 99.8 Å². The number of rotatable bonds is 6. The van der Waals surface area contributed by atoms with E-state index in [0.29, 0.717) is 24.0 Å². The third-order valence-electron chi connectivity index (χ3n) is 2.35. The normalized spacial score (nSPS) is 12.8. The van der Waals surface area contributed by atoms with E-state index >= 15 is 0 Å². The molecule has 1 N–H and O–H groups in total. The van der Waals surface area contributed by atoms with Crippen LogP contribution in [0.2, 0.25) is 0 Å². The standard InChI is InChI=1S/C12H16ClF2N/c1-9(3-2-4-13)16-8-10-5-11(14)7-12(15)6-10/h5-7,9,16H,2-4,8H2,1H3. The first-order valence-electron chi connectivity index (χ1n) is 5.36. The first-order valence-corrected chi connectivity index (χ1v) is 5.89. The molecule has 0 saturated heterocycles. The van der Waals surface area contributed by atoms with Crippen molar-refractivity contribution >= 4 is 11.6 Å². The number of benzene rings is 1. The summed E-state index contributed by atoms with van der Waals surface area (Å²) in [5.74, 6) is -0.434. The van der Waals surface area contributed by atoms with E-state index in [0.717, 1.165) is 18.9 Å². The Kier molecular flexibility index (Phi) is 5.71. The summed E-state index contributed by atoms with van der Waals surface area (Å²) >= 11 is 5.58. The van der Waals surface area contributed by atoms with E-state index in [1.807, 2.05) is 6.92 Å². The van der Waals surface area contributed by atoms with Crippen LogP contribution >= 0.6 is 11.6 Å². The van der Waals surface area contributed by atoms with Gasteiger partial charge in [0.15, 0.2) is 0 Å². The zero-order valence-electron chi connectivity index (χ0n) is 9.27. The lowest BCUT2D eigenvalue weighted by atomic mass is 10.1. The van der Waals surface area contributed by atoms with E-state index < -0.39 is 11.6 Å². The Balaban J connectivity index is 2.41. The molecule has 1 nitrogen and oxygen atoms in total. The molecule has 0 aliphatic rings. The molecule has 1 atom stereocenters. The second kappa shape index (κ2) is 6.81. The van der Waals surface area contributed by atoms with Crippen LogP contribution in [0, 0.1) is 11.6 Å². The summed E-state index contributed by atoms with van der Waals surface area (Å²) < 4.78 is 25.7. The fourth-order valence-corrected chi connectivity index (χ4v) is 1.64. The first-order chi connectivity index (χ1) is 7.61. The molecule has 1 rings (SSSR count). The molecular weight excluding hydrogens is 232 g/mol. The van der Waals surface area contributed by atoms with Gasteiger partial charge in [-0.3, -0.25) is 0 Å². The van der Waals surface area contributed by atoms with Crippen molar-refractivity contribution in [2.75, 3.05) is 5.88 Å². The zero-order chi connectivity index (χ0) is 12.0. The Hall–Kier alpha value is -0.670. The lowest BCUT2D eigenvalue weighted by Crippen LogP contribution is -2.25. The van der Waals surface area contributed by atoms with E-state index in [9.17, 15) is 8.78 Å². The summed E-state index contributed by atoms with van der Waals surface area (Å²) in [6.07, 6.45) is 1.90. The van der Waals surface area contributed by atoms with Crippen molar-refractivity contribution in [3.05, 3.63) is 35.4 Å². The van der Waals surface area contributed by atoms with Crippen LogP contribution in [0.3, 0.4) is 0 Å². The third-order valence-corrected chi connectivity index (χ3v) is 2.62. The van der Waals surface area contributed by atoms with Gasteiger partial charge in [0.2, 0.25) is 0 Å². The fraction of sp³-hybridized carbons (Fsp3) is 0.500. The van der Waals surface area contributed by atoms with Gasteiger partial charge in [0, 0.05) is 24.5 Å². The molecule has 1 aromatic carbocycles. The van der Waals surface area contributed by atoms with Crippen LogP contribution in [-0.4, -0.2) is 11.9 Å². The van der Waals surface area contributed by atoms with Crippen LogP contribution in [-0.2, 0) is 6.54 Å². The van der Waals surface area contributed by atoms with Gasteiger partial charge >= 0.3 is 0 Å². The summed E-state index contributed by atoms with van der Waals surface area (Å²) in [6.45, 7) is 2.50. The van der Waals surface area contributed by atoms with Crippen LogP contribution < -0.4 is 5.32 Å². The molecule has 0 spiro atoms. The molecule has 0 aliphatic heterocycles. The van der Waals surface area contributed by atoms with E-state index in [2.05, 4.69) is 5.32 Å². The Bertz CT molecular complexity index is 311. The molecule has 0 aromatic heterocycles. The first kappa shape index (κ1) is 13.4. The number of alkyl halides is 1. The Morgan fingerprint density at radius 2 is 1.88 bits per heavy atom. The lowest BCUT2D eigenvalue weighted by Gasteiger charge is -2.13. The molecule has 1 unspecified atom stereocenters. The monoisotopic (exact) mass is 247 g/mol. The maximum absolute atomic E-state index is 12.9. The van der Waals surface area contributed by atoms with E-state index in [1.54, 1.807) is 0 Å². The highest BCUT2D eigenvalue weighted by atomic mass is 35.5. The third kappa shape index (κ3) is 4.90. The Morgan fingerprint density at radius 3 is 2.44 bits per heavy atom. The van der Waals surface area contributed by atoms with E-state index in [-0.39, 0.29) is 0 Å². The minimum Gasteiger partial charge on any atom is -0.310 e. The van der Waals surface area contributed by atoms with Crippen molar-refractivity contribution in [3.63, 3.8) is 0 Å². The van der Waals surface area contributed by atoms with Crippen molar-refractivity contribution < 1.29 is 8.78 Å². The smallest absolute Gasteiger partial charge is 0.126 e. The molecule has 16 heavy (non-hydrogen) atoms.